The Morgan fingerprint density at radius 3 is 2.57 bits per heavy atom. The Morgan fingerprint density at radius 1 is 1.23 bits per heavy atom. The molecule has 3 aromatic rings. The van der Waals surface area contributed by atoms with Crippen LogP contribution in [0.3, 0.4) is 0 Å². The number of rotatable bonds is 10. The number of imidazole rings is 1. The maximum atomic E-state index is 13.7. The molecule has 1 aliphatic carbocycles. The van der Waals surface area contributed by atoms with E-state index in [1.54, 1.807) is 48.3 Å². The van der Waals surface area contributed by atoms with Crippen LogP contribution in [0.1, 0.15) is 31.5 Å². The Morgan fingerprint density at radius 2 is 1.94 bits per heavy atom. The van der Waals surface area contributed by atoms with Crippen molar-refractivity contribution in [3.63, 3.8) is 0 Å². The third-order valence-electron chi connectivity index (χ3n) is 5.84. The molecule has 0 aliphatic heterocycles. The van der Waals surface area contributed by atoms with Crippen LogP contribution in [0.25, 0.3) is 28.7 Å². The van der Waals surface area contributed by atoms with Gasteiger partial charge in [-0.25, -0.2) is 14.4 Å². The summed E-state index contributed by atoms with van der Waals surface area (Å²) in [7, 11) is 1.74. The second-order valence-electron chi connectivity index (χ2n) is 8.62. The first kappa shape index (κ1) is 24.5. The summed E-state index contributed by atoms with van der Waals surface area (Å²) in [5.41, 5.74) is 1.32. The van der Waals surface area contributed by atoms with Gasteiger partial charge >= 0.3 is 5.97 Å². The van der Waals surface area contributed by atoms with Crippen molar-refractivity contribution < 1.29 is 29.6 Å². The molecule has 5 N–H and O–H groups in total. The van der Waals surface area contributed by atoms with Crippen molar-refractivity contribution in [3.05, 3.63) is 60.3 Å². The largest absolute Gasteiger partial charge is 0.481 e. The first-order valence-corrected chi connectivity index (χ1v) is 11.2. The summed E-state index contributed by atoms with van der Waals surface area (Å²) in [6.45, 7) is 0. The third kappa shape index (κ3) is 5.56. The van der Waals surface area contributed by atoms with Gasteiger partial charge in [0.2, 0.25) is 0 Å². The molecule has 1 aromatic carbocycles. The number of carboxylic acids is 1. The van der Waals surface area contributed by atoms with Gasteiger partial charge in [-0.15, -0.1) is 0 Å². The number of aliphatic hydroxyl groups excluding tert-OH is 2. The number of hydrogen-bond acceptors (Lipinski definition) is 7. The molecule has 2 aromatic heterocycles. The number of nitrogens with one attached hydrogen (secondary N) is 1. The molecular weight excluding hydrogens is 455 g/mol. The van der Waals surface area contributed by atoms with E-state index in [0.717, 1.165) is 5.56 Å². The zero-order chi connectivity index (χ0) is 25.2. The number of benzene rings is 1. The van der Waals surface area contributed by atoms with Crippen molar-refractivity contribution in [2.24, 2.45) is 0 Å². The second-order valence-corrected chi connectivity index (χ2v) is 8.62. The average molecular weight is 483 g/mol. The van der Waals surface area contributed by atoms with Crippen molar-refractivity contribution in [1.29, 1.82) is 0 Å². The Bertz CT molecular complexity index is 1240. The van der Waals surface area contributed by atoms with E-state index in [9.17, 15) is 24.5 Å². The highest BCUT2D eigenvalue weighted by molar-refractivity contribution is 5.81. The number of pyridine rings is 1. The molecule has 0 radical (unpaired) electrons. The number of nitrogens with zero attached hydrogens (tertiary/aromatic N) is 3. The molecule has 2 atom stereocenters. The number of aliphatic hydroxyl groups is 3. The van der Waals surface area contributed by atoms with Crippen LogP contribution in [0.15, 0.2) is 48.7 Å². The number of aliphatic carboxylic acids is 1. The smallest absolute Gasteiger partial charge is 0.305 e. The van der Waals surface area contributed by atoms with Crippen molar-refractivity contribution in [3.8, 4) is 22.5 Å². The average Bonchev–Trinajstić information content (AvgIpc) is 3.44. The number of halogens is 1. The number of carboxylic acid groups (broad SMARTS) is 1. The lowest BCUT2D eigenvalue weighted by molar-refractivity contribution is -0.139. The van der Waals surface area contributed by atoms with Crippen molar-refractivity contribution in [1.82, 2.24) is 14.5 Å². The second kappa shape index (κ2) is 9.95. The number of hydrogen-bond donors (Lipinski definition) is 5. The summed E-state index contributed by atoms with van der Waals surface area (Å²) >= 11 is 0. The molecule has 4 rings (SSSR count). The fraction of sp³-hybridized carbons (Fsp3) is 0.320. The van der Waals surface area contributed by atoms with Crippen LogP contribution in [0.4, 0.5) is 10.2 Å². The van der Waals surface area contributed by atoms with Crippen molar-refractivity contribution >= 4 is 18.0 Å². The van der Waals surface area contributed by atoms with Gasteiger partial charge in [0.15, 0.2) is 0 Å². The van der Waals surface area contributed by atoms with E-state index in [0.29, 0.717) is 41.4 Å². The van der Waals surface area contributed by atoms with Gasteiger partial charge in [0.25, 0.3) is 0 Å². The highest BCUT2D eigenvalue weighted by atomic mass is 19.1. The van der Waals surface area contributed by atoms with Crippen LogP contribution < -0.4 is 5.32 Å². The predicted octanol–water partition coefficient (Wildman–Crippen LogP) is 2.83. The summed E-state index contributed by atoms with van der Waals surface area (Å²) < 4.78 is 15.4. The lowest BCUT2D eigenvalue weighted by atomic mass is 10.1. The van der Waals surface area contributed by atoms with Crippen LogP contribution in [0.5, 0.6) is 0 Å². The highest BCUT2D eigenvalue weighted by Crippen LogP contribution is 2.47. The fourth-order valence-electron chi connectivity index (χ4n) is 3.88. The van der Waals surface area contributed by atoms with Crippen LogP contribution in [0, 0.1) is 5.82 Å². The third-order valence-corrected chi connectivity index (χ3v) is 5.84. The molecule has 9 nitrogen and oxygen atoms in total. The first-order chi connectivity index (χ1) is 16.7. The molecule has 10 heteroatoms. The van der Waals surface area contributed by atoms with E-state index in [2.05, 4.69) is 10.3 Å². The Labute approximate surface area is 201 Å². The summed E-state index contributed by atoms with van der Waals surface area (Å²) in [4.78, 5) is 19.8. The topological polar surface area (TPSA) is 141 Å². The van der Waals surface area contributed by atoms with Gasteiger partial charge in [0, 0.05) is 37.0 Å². The van der Waals surface area contributed by atoms with E-state index < -0.39 is 36.0 Å². The number of anilines is 1. The molecule has 2 heterocycles. The maximum Gasteiger partial charge on any atom is 0.305 e. The minimum absolute atomic E-state index is 0.175. The van der Waals surface area contributed by atoms with Gasteiger partial charge in [0.1, 0.15) is 23.1 Å². The SMILES string of the molecule is CNc1cc(-c2nc(C3(O)CC3)n(/C=C/[C@@H](O)C[C@@H](O)CC(=O)O)c2-c2ccc(F)cc2)ccn1. The number of carbonyl (C=O) groups is 1. The summed E-state index contributed by atoms with van der Waals surface area (Å²) in [6, 6.07) is 9.45. The van der Waals surface area contributed by atoms with E-state index in [4.69, 9.17) is 10.1 Å². The van der Waals surface area contributed by atoms with Gasteiger partial charge < -0.3 is 30.3 Å². The molecule has 0 saturated heterocycles. The van der Waals surface area contributed by atoms with E-state index in [-0.39, 0.29) is 6.42 Å². The molecule has 0 amide bonds. The summed E-state index contributed by atoms with van der Waals surface area (Å²) in [5, 5.41) is 43.1. The standard InChI is InChI=1S/C25H27FN4O5/c1-27-20-12-16(6-10-28-20)22-23(15-2-4-17(26)5-3-15)30(24(29-22)25(35)8-9-25)11-7-18(31)13-19(32)14-21(33)34/h2-7,10-12,18-19,31-32,35H,8-9,13-14H2,1H3,(H,27,28)(H,33,34)/b11-7+/t18-,19-/m1/s1. The quantitative estimate of drug-likeness (QED) is 0.297. The van der Waals surface area contributed by atoms with Crippen LogP contribution in [-0.4, -0.2) is 60.2 Å². The van der Waals surface area contributed by atoms with Gasteiger partial charge in [-0.2, -0.15) is 0 Å². The molecule has 184 valence electrons. The molecule has 0 unspecified atom stereocenters. The highest BCUT2D eigenvalue weighted by Gasteiger charge is 2.47. The minimum atomic E-state index is -1.22. The zero-order valence-electron chi connectivity index (χ0n) is 19.1. The van der Waals surface area contributed by atoms with Crippen molar-refractivity contribution in [2.75, 3.05) is 12.4 Å². The maximum absolute atomic E-state index is 13.7. The normalized spacial score (nSPS) is 16.3. The van der Waals surface area contributed by atoms with Crippen LogP contribution in [0.2, 0.25) is 0 Å². The molecule has 0 bridgehead atoms. The van der Waals surface area contributed by atoms with E-state index >= 15 is 0 Å². The minimum Gasteiger partial charge on any atom is -0.481 e. The van der Waals surface area contributed by atoms with Gasteiger partial charge in [0.05, 0.1) is 30.0 Å². The van der Waals surface area contributed by atoms with Crippen LogP contribution >= 0.6 is 0 Å². The lowest BCUT2D eigenvalue weighted by Gasteiger charge is -2.14. The summed E-state index contributed by atoms with van der Waals surface area (Å²) in [6.07, 6.45) is 2.58. The molecule has 1 saturated carbocycles. The lowest BCUT2D eigenvalue weighted by Crippen LogP contribution is -2.19. The monoisotopic (exact) mass is 482 g/mol. The van der Waals surface area contributed by atoms with Gasteiger partial charge in [-0.1, -0.05) is 0 Å². The predicted molar refractivity (Wildman–Crippen MR) is 128 cm³/mol. The first-order valence-electron chi connectivity index (χ1n) is 11.2. The van der Waals surface area contributed by atoms with Crippen LogP contribution in [-0.2, 0) is 10.4 Å². The number of aromatic nitrogens is 3. The Kier molecular flexibility index (Phi) is 6.97. The van der Waals surface area contributed by atoms with Gasteiger partial charge in [-0.3, -0.25) is 4.79 Å². The molecule has 35 heavy (non-hydrogen) atoms. The summed E-state index contributed by atoms with van der Waals surface area (Å²) in [5.74, 6) is -0.582. The Balaban J connectivity index is 1.83. The molecule has 0 spiro atoms. The van der Waals surface area contributed by atoms with Crippen molar-refractivity contribution in [2.45, 2.75) is 43.5 Å². The Hall–Kier alpha value is -3.60. The zero-order valence-corrected chi connectivity index (χ0v) is 19.1. The molecular formula is C25H27FN4O5. The molecule has 1 aliphatic rings. The van der Waals surface area contributed by atoms with E-state index in [1.807, 2.05) is 0 Å². The van der Waals surface area contributed by atoms with E-state index in [1.165, 1.54) is 18.2 Å². The van der Waals surface area contributed by atoms with Gasteiger partial charge in [-0.05, 0) is 55.3 Å². The fourth-order valence-corrected chi connectivity index (χ4v) is 3.88. The molecule has 1 fully saturated rings.